The summed E-state index contributed by atoms with van der Waals surface area (Å²) < 4.78 is 41.0. The minimum absolute atomic E-state index is 0.0442. The third kappa shape index (κ3) is 6.14. The molecule has 0 atom stereocenters. The molecule has 0 saturated carbocycles. The molecule has 0 aliphatic heterocycles. The predicted octanol–water partition coefficient (Wildman–Crippen LogP) is 6.25. The summed E-state index contributed by atoms with van der Waals surface area (Å²) in [7, 11) is 1.74. The van der Waals surface area contributed by atoms with E-state index in [-0.39, 0.29) is 10.6 Å². The number of carbonyl (C=O) groups excluding carboxylic acids is 1. The molecule has 2 aromatic rings. The van der Waals surface area contributed by atoms with Gasteiger partial charge in [-0.15, -0.1) is 0 Å². The van der Waals surface area contributed by atoms with Crippen LogP contribution in [0.4, 0.5) is 18.9 Å². The van der Waals surface area contributed by atoms with Crippen molar-refractivity contribution in [2.75, 3.05) is 12.4 Å². The second-order valence-electron chi connectivity index (χ2n) is 5.57. The highest BCUT2D eigenvalue weighted by Gasteiger charge is 2.38. The van der Waals surface area contributed by atoms with Crippen LogP contribution in [0.5, 0.6) is 0 Å². The molecule has 1 aromatic heterocycles. The van der Waals surface area contributed by atoms with Gasteiger partial charge < -0.3 is 5.32 Å². The molecule has 1 heterocycles. The molecular formula is C19H20Cl2F3N3O. The highest BCUT2D eigenvalue weighted by atomic mass is 35.5. The molecule has 0 amide bonds. The van der Waals surface area contributed by atoms with Gasteiger partial charge in [-0.1, -0.05) is 36.7 Å². The number of benzene rings is 1. The Kier molecular flexibility index (Phi) is 8.78. The molecule has 2 rings (SSSR count). The number of anilines is 1. The largest absolute Gasteiger partial charge is 0.434 e. The van der Waals surface area contributed by atoms with Crippen molar-refractivity contribution in [3.05, 3.63) is 58.4 Å². The topological polar surface area (TPSA) is 46.9 Å². The fourth-order valence-corrected chi connectivity index (χ4v) is 2.16. The molecule has 1 N–H and O–H groups in total. The van der Waals surface area contributed by atoms with Gasteiger partial charge in [-0.05, 0) is 43.2 Å². The number of rotatable bonds is 5. The summed E-state index contributed by atoms with van der Waals surface area (Å²) >= 11 is 10.4. The first kappa shape index (κ1) is 23.8. The van der Waals surface area contributed by atoms with Crippen LogP contribution in [0.3, 0.4) is 0 Å². The number of allylic oxidation sites excluding steroid dienone is 3. The Morgan fingerprint density at radius 2 is 1.86 bits per heavy atom. The number of carbonyl (C=O) groups is 1. The van der Waals surface area contributed by atoms with Crippen molar-refractivity contribution in [1.82, 2.24) is 9.78 Å². The molecule has 0 spiro atoms. The number of alkyl halides is 3. The first-order chi connectivity index (χ1) is 13.1. The van der Waals surface area contributed by atoms with E-state index in [2.05, 4.69) is 17.0 Å². The van der Waals surface area contributed by atoms with E-state index in [9.17, 15) is 18.0 Å². The average molecular weight is 434 g/mol. The number of aldehydes is 1. The minimum Gasteiger partial charge on any atom is -0.388 e. The van der Waals surface area contributed by atoms with Crippen molar-refractivity contribution in [3.8, 4) is 5.69 Å². The predicted molar refractivity (Wildman–Crippen MR) is 108 cm³/mol. The van der Waals surface area contributed by atoms with Gasteiger partial charge in [0, 0.05) is 23.3 Å². The van der Waals surface area contributed by atoms with E-state index < -0.39 is 11.9 Å². The Labute approximate surface area is 171 Å². The standard InChI is InChI=1S/C15H16F3N3.C4H4Cl2O/c1-4-10(2)13-9-20-21(14(13)15(16,17)18)12-7-5-11(19-3)6-8-12;1-3(5)4(6)2-7/h5-9,19H,2,4H2,1,3H3;2H,1H3/b;4-3+. The van der Waals surface area contributed by atoms with E-state index in [0.29, 0.717) is 29.0 Å². The number of aromatic nitrogens is 2. The molecular weight excluding hydrogens is 414 g/mol. The van der Waals surface area contributed by atoms with Crippen molar-refractivity contribution < 1.29 is 18.0 Å². The summed E-state index contributed by atoms with van der Waals surface area (Å²) in [6.07, 6.45) is -2.33. The van der Waals surface area contributed by atoms with Crippen LogP contribution >= 0.6 is 23.2 Å². The maximum Gasteiger partial charge on any atom is 0.434 e. The summed E-state index contributed by atoms with van der Waals surface area (Å²) in [5.74, 6) is 0. The van der Waals surface area contributed by atoms with E-state index in [1.807, 2.05) is 0 Å². The lowest BCUT2D eigenvalue weighted by Gasteiger charge is -2.13. The Bertz CT molecular complexity index is 852. The third-order valence-electron chi connectivity index (χ3n) is 3.68. The molecule has 0 saturated heterocycles. The summed E-state index contributed by atoms with van der Waals surface area (Å²) in [6, 6.07) is 6.58. The van der Waals surface area contributed by atoms with Gasteiger partial charge in [0.15, 0.2) is 12.0 Å². The van der Waals surface area contributed by atoms with E-state index in [4.69, 9.17) is 23.2 Å². The van der Waals surface area contributed by atoms with Crippen LogP contribution in [-0.2, 0) is 11.0 Å². The van der Waals surface area contributed by atoms with Gasteiger partial charge in [0.2, 0.25) is 0 Å². The molecule has 0 aliphatic carbocycles. The molecule has 0 bridgehead atoms. The average Bonchev–Trinajstić information content (AvgIpc) is 3.12. The van der Waals surface area contributed by atoms with Gasteiger partial charge in [-0.3, -0.25) is 4.79 Å². The van der Waals surface area contributed by atoms with Gasteiger partial charge in [0.25, 0.3) is 0 Å². The van der Waals surface area contributed by atoms with Crippen LogP contribution in [0.2, 0.25) is 0 Å². The van der Waals surface area contributed by atoms with Gasteiger partial charge in [-0.2, -0.15) is 18.3 Å². The summed E-state index contributed by atoms with van der Waals surface area (Å²) in [5, 5.41) is 7.21. The van der Waals surface area contributed by atoms with E-state index in [1.54, 1.807) is 45.2 Å². The summed E-state index contributed by atoms with van der Waals surface area (Å²) in [4.78, 5) is 9.67. The summed E-state index contributed by atoms with van der Waals surface area (Å²) in [6.45, 7) is 7.01. The van der Waals surface area contributed by atoms with E-state index >= 15 is 0 Å². The number of halogens is 5. The Morgan fingerprint density at radius 3 is 2.21 bits per heavy atom. The second kappa shape index (κ2) is 10.3. The van der Waals surface area contributed by atoms with Crippen molar-refractivity contribution >= 4 is 40.7 Å². The van der Waals surface area contributed by atoms with E-state index in [1.165, 1.54) is 6.20 Å². The fraction of sp³-hybridized carbons (Fsp3) is 0.263. The fourth-order valence-electron chi connectivity index (χ4n) is 2.12. The van der Waals surface area contributed by atoms with Crippen LogP contribution in [0.25, 0.3) is 11.3 Å². The molecule has 9 heteroatoms. The van der Waals surface area contributed by atoms with E-state index in [0.717, 1.165) is 10.4 Å². The SMILES string of the molecule is C/C(Cl)=C(\Cl)C=O.C=C(CC)c1cnn(-c2ccc(NC)cc2)c1C(F)(F)F. The maximum atomic E-state index is 13.4. The quantitative estimate of drug-likeness (QED) is 0.447. The molecule has 152 valence electrons. The zero-order chi connectivity index (χ0) is 21.5. The number of hydrogen-bond donors (Lipinski definition) is 1. The van der Waals surface area contributed by atoms with Gasteiger partial charge in [0.1, 0.15) is 0 Å². The molecule has 0 radical (unpaired) electrons. The molecule has 0 unspecified atom stereocenters. The van der Waals surface area contributed by atoms with Crippen LogP contribution in [0.1, 0.15) is 31.5 Å². The summed E-state index contributed by atoms with van der Waals surface area (Å²) in [5.41, 5.74) is 0.851. The number of nitrogens with zero attached hydrogens (tertiary/aromatic N) is 2. The third-order valence-corrected chi connectivity index (χ3v) is 4.35. The molecule has 1 aromatic carbocycles. The molecule has 4 nitrogen and oxygen atoms in total. The lowest BCUT2D eigenvalue weighted by atomic mass is 10.1. The Hall–Kier alpha value is -2.25. The van der Waals surface area contributed by atoms with Crippen LogP contribution in [-0.4, -0.2) is 23.1 Å². The van der Waals surface area contributed by atoms with Crippen molar-refractivity contribution in [2.24, 2.45) is 0 Å². The number of hydrogen-bond acceptors (Lipinski definition) is 3. The van der Waals surface area contributed by atoms with Gasteiger partial charge in [0.05, 0.1) is 16.9 Å². The van der Waals surface area contributed by atoms with Gasteiger partial charge in [-0.25, -0.2) is 4.68 Å². The zero-order valence-corrected chi connectivity index (χ0v) is 17.1. The van der Waals surface area contributed by atoms with Crippen molar-refractivity contribution in [1.29, 1.82) is 0 Å². The molecule has 28 heavy (non-hydrogen) atoms. The Balaban J connectivity index is 0.000000480. The molecule has 0 fully saturated rings. The first-order valence-electron chi connectivity index (χ1n) is 8.15. The number of nitrogens with one attached hydrogen (secondary N) is 1. The first-order valence-corrected chi connectivity index (χ1v) is 8.90. The second-order valence-corrected chi connectivity index (χ2v) is 6.54. The Morgan fingerprint density at radius 1 is 1.29 bits per heavy atom. The lowest BCUT2D eigenvalue weighted by Crippen LogP contribution is -2.15. The van der Waals surface area contributed by atoms with Crippen molar-refractivity contribution in [2.45, 2.75) is 26.4 Å². The normalized spacial score (nSPS) is 11.9. The maximum absolute atomic E-state index is 13.4. The van der Waals surface area contributed by atoms with Crippen LogP contribution in [0, 0.1) is 0 Å². The van der Waals surface area contributed by atoms with Crippen LogP contribution in [0.15, 0.2) is 47.1 Å². The lowest BCUT2D eigenvalue weighted by molar-refractivity contribution is -0.143. The molecule has 0 aliphatic rings. The minimum atomic E-state index is -4.49. The van der Waals surface area contributed by atoms with Crippen molar-refractivity contribution in [3.63, 3.8) is 0 Å². The van der Waals surface area contributed by atoms with Crippen LogP contribution < -0.4 is 5.32 Å². The van der Waals surface area contributed by atoms with Gasteiger partial charge >= 0.3 is 6.18 Å². The smallest absolute Gasteiger partial charge is 0.388 e. The highest BCUT2D eigenvalue weighted by Crippen LogP contribution is 2.36. The monoisotopic (exact) mass is 433 g/mol. The zero-order valence-electron chi connectivity index (χ0n) is 15.6. The highest BCUT2D eigenvalue weighted by molar-refractivity contribution is 6.45.